The smallest absolute Gasteiger partial charge is 0.227 e. The maximum Gasteiger partial charge on any atom is 0.227 e. The summed E-state index contributed by atoms with van der Waals surface area (Å²) in [5.74, 6) is 0.174. The molecule has 3 rings (SSSR count). The number of carbonyl (C=O) groups excluding carboxylic acids is 1. The van der Waals surface area contributed by atoms with Gasteiger partial charge in [-0.05, 0) is 37.0 Å². The van der Waals surface area contributed by atoms with Crippen LogP contribution in [0.25, 0.3) is 0 Å². The third-order valence-corrected chi connectivity index (χ3v) is 5.80. The van der Waals surface area contributed by atoms with Crippen molar-refractivity contribution in [3.8, 4) is 0 Å². The molecule has 1 saturated heterocycles. The molecule has 0 aromatic heterocycles. The lowest BCUT2D eigenvalue weighted by Crippen LogP contribution is -2.60. The van der Waals surface area contributed by atoms with Crippen molar-refractivity contribution in [3.63, 3.8) is 0 Å². The van der Waals surface area contributed by atoms with Crippen molar-refractivity contribution in [3.05, 3.63) is 66.2 Å². The molecule has 0 spiro atoms. The van der Waals surface area contributed by atoms with Gasteiger partial charge in [0.1, 0.15) is 0 Å². The van der Waals surface area contributed by atoms with E-state index in [0.29, 0.717) is 13.0 Å². The Morgan fingerprint density at radius 2 is 1.62 bits per heavy atom. The van der Waals surface area contributed by atoms with Gasteiger partial charge >= 0.3 is 0 Å². The fourth-order valence-corrected chi connectivity index (χ4v) is 4.23. The summed E-state index contributed by atoms with van der Waals surface area (Å²) in [4.78, 5) is 17.6. The number of carbonyl (C=O) groups is 1. The third-order valence-electron chi connectivity index (χ3n) is 5.80. The number of piperidine rings is 1. The van der Waals surface area contributed by atoms with Crippen molar-refractivity contribution >= 4 is 11.6 Å². The normalized spacial score (nSPS) is 16.5. The van der Waals surface area contributed by atoms with Crippen LogP contribution in [0.4, 0.5) is 5.69 Å². The number of ether oxygens (including phenoxy) is 1. The highest BCUT2D eigenvalue weighted by molar-refractivity contribution is 5.94. The lowest BCUT2D eigenvalue weighted by Gasteiger charge is -2.48. The summed E-state index contributed by atoms with van der Waals surface area (Å²) in [6.45, 7) is 8.29. The summed E-state index contributed by atoms with van der Waals surface area (Å²) in [7, 11) is 0. The molecule has 0 bridgehead atoms. The average molecular weight is 395 g/mol. The van der Waals surface area contributed by atoms with Crippen molar-refractivity contribution in [2.75, 3.05) is 31.2 Å². The summed E-state index contributed by atoms with van der Waals surface area (Å²) in [5, 5.41) is 0. The number of rotatable bonds is 9. The molecule has 2 aromatic carbocycles. The number of likely N-dealkylation sites (tertiary alicyclic amines) is 1. The Hall–Kier alpha value is -2.17. The van der Waals surface area contributed by atoms with Gasteiger partial charge in [0.2, 0.25) is 5.91 Å². The van der Waals surface area contributed by atoms with Crippen LogP contribution in [0.3, 0.4) is 0 Å². The highest BCUT2D eigenvalue weighted by Crippen LogP contribution is 2.35. The first-order valence-corrected chi connectivity index (χ1v) is 10.9. The molecule has 0 unspecified atom stereocenters. The van der Waals surface area contributed by atoms with E-state index in [-0.39, 0.29) is 11.4 Å². The largest absolute Gasteiger partial charge is 0.379 e. The van der Waals surface area contributed by atoms with Crippen LogP contribution in [-0.4, -0.2) is 42.6 Å². The molecule has 29 heavy (non-hydrogen) atoms. The van der Waals surface area contributed by atoms with Gasteiger partial charge in [-0.2, -0.15) is 0 Å². The molecule has 1 aliphatic heterocycles. The van der Waals surface area contributed by atoms with Gasteiger partial charge in [0.05, 0.1) is 12.1 Å². The molecule has 1 aliphatic rings. The van der Waals surface area contributed by atoms with Gasteiger partial charge in [0.25, 0.3) is 0 Å². The molecule has 0 radical (unpaired) electrons. The summed E-state index contributed by atoms with van der Waals surface area (Å²) >= 11 is 0. The van der Waals surface area contributed by atoms with Crippen molar-refractivity contribution < 1.29 is 9.53 Å². The zero-order valence-corrected chi connectivity index (χ0v) is 17.8. The van der Waals surface area contributed by atoms with Crippen LogP contribution in [0, 0.1) is 0 Å². The standard InChI is InChI=1S/C25H34N2O2/c1-3-19-29-21-25(27(24(28)4-2)23-13-9-6-10-14-23)15-17-26(18-16-25)20-22-11-7-5-8-12-22/h5-14H,3-4,15-21H2,1-2H3. The minimum Gasteiger partial charge on any atom is -0.379 e. The Balaban J connectivity index is 1.80. The minimum absolute atomic E-state index is 0.174. The molecular formula is C25H34N2O2. The summed E-state index contributed by atoms with van der Waals surface area (Å²) in [5.41, 5.74) is 2.04. The molecule has 1 heterocycles. The molecule has 4 nitrogen and oxygen atoms in total. The van der Waals surface area contributed by atoms with Gasteiger partial charge in [0, 0.05) is 38.3 Å². The van der Waals surface area contributed by atoms with Crippen LogP contribution in [0.5, 0.6) is 0 Å². The van der Waals surface area contributed by atoms with E-state index in [2.05, 4.69) is 42.2 Å². The Morgan fingerprint density at radius 1 is 1.00 bits per heavy atom. The maximum atomic E-state index is 13.1. The van der Waals surface area contributed by atoms with Crippen molar-refractivity contribution in [1.29, 1.82) is 0 Å². The highest BCUT2D eigenvalue weighted by atomic mass is 16.5. The van der Waals surface area contributed by atoms with Crippen LogP contribution >= 0.6 is 0 Å². The molecule has 0 atom stereocenters. The third kappa shape index (κ3) is 5.46. The first-order chi connectivity index (χ1) is 14.2. The van der Waals surface area contributed by atoms with E-state index in [9.17, 15) is 4.79 Å². The molecule has 0 aliphatic carbocycles. The zero-order chi connectivity index (χ0) is 20.5. The second-order valence-electron chi connectivity index (χ2n) is 7.96. The molecule has 1 amide bonds. The summed E-state index contributed by atoms with van der Waals surface area (Å²) in [6, 6.07) is 20.7. The second kappa shape index (κ2) is 10.6. The molecule has 1 fully saturated rings. The number of para-hydroxylation sites is 1. The predicted octanol–water partition coefficient (Wildman–Crippen LogP) is 4.89. The van der Waals surface area contributed by atoms with Crippen LogP contribution in [0.2, 0.25) is 0 Å². The van der Waals surface area contributed by atoms with Crippen molar-refractivity contribution in [1.82, 2.24) is 4.90 Å². The summed E-state index contributed by atoms with van der Waals surface area (Å²) in [6.07, 6.45) is 3.33. The van der Waals surface area contributed by atoms with Crippen LogP contribution < -0.4 is 4.90 Å². The molecule has 4 heteroatoms. The monoisotopic (exact) mass is 394 g/mol. The van der Waals surface area contributed by atoms with Crippen LogP contribution in [0.15, 0.2) is 60.7 Å². The van der Waals surface area contributed by atoms with E-state index in [1.165, 1.54) is 5.56 Å². The number of anilines is 1. The molecule has 0 saturated carbocycles. The molecule has 156 valence electrons. The van der Waals surface area contributed by atoms with E-state index in [1.54, 1.807) is 0 Å². The number of benzene rings is 2. The van der Waals surface area contributed by atoms with E-state index in [0.717, 1.165) is 51.2 Å². The van der Waals surface area contributed by atoms with Crippen LogP contribution in [0.1, 0.15) is 45.1 Å². The van der Waals surface area contributed by atoms with Gasteiger partial charge < -0.3 is 9.64 Å². The molecular weight excluding hydrogens is 360 g/mol. The fourth-order valence-electron chi connectivity index (χ4n) is 4.23. The number of hydrogen-bond acceptors (Lipinski definition) is 3. The number of amides is 1. The SMILES string of the molecule is CCCOCC1(N(C(=O)CC)c2ccccc2)CCN(Cc2ccccc2)CC1. The predicted molar refractivity (Wildman–Crippen MR) is 119 cm³/mol. The minimum atomic E-state index is -0.281. The van der Waals surface area contributed by atoms with Gasteiger partial charge in [-0.25, -0.2) is 0 Å². The Bertz CT molecular complexity index is 740. The van der Waals surface area contributed by atoms with E-state index in [4.69, 9.17) is 4.74 Å². The van der Waals surface area contributed by atoms with Crippen LogP contribution in [-0.2, 0) is 16.1 Å². The average Bonchev–Trinajstić information content (AvgIpc) is 2.77. The maximum absolute atomic E-state index is 13.1. The second-order valence-corrected chi connectivity index (χ2v) is 7.96. The highest BCUT2D eigenvalue weighted by Gasteiger charge is 2.43. The number of nitrogens with zero attached hydrogens (tertiary/aromatic N) is 2. The lowest BCUT2D eigenvalue weighted by atomic mass is 9.85. The molecule has 0 N–H and O–H groups in total. The fraction of sp³-hybridized carbons (Fsp3) is 0.480. The Labute approximate surface area is 175 Å². The number of hydrogen-bond donors (Lipinski definition) is 0. The quantitative estimate of drug-likeness (QED) is 0.568. The first kappa shape index (κ1) is 21.5. The van der Waals surface area contributed by atoms with Gasteiger partial charge in [0.15, 0.2) is 0 Å². The Kier molecular flexibility index (Phi) is 7.84. The van der Waals surface area contributed by atoms with Gasteiger partial charge in [-0.1, -0.05) is 62.4 Å². The van der Waals surface area contributed by atoms with Gasteiger partial charge in [-0.3, -0.25) is 9.69 Å². The lowest BCUT2D eigenvalue weighted by molar-refractivity contribution is -0.120. The van der Waals surface area contributed by atoms with E-state index in [1.807, 2.05) is 42.2 Å². The zero-order valence-electron chi connectivity index (χ0n) is 17.8. The van der Waals surface area contributed by atoms with Crippen molar-refractivity contribution in [2.24, 2.45) is 0 Å². The Morgan fingerprint density at radius 3 is 2.21 bits per heavy atom. The van der Waals surface area contributed by atoms with Crippen molar-refractivity contribution in [2.45, 2.75) is 51.6 Å². The molecule has 2 aromatic rings. The topological polar surface area (TPSA) is 32.8 Å². The van der Waals surface area contributed by atoms with E-state index < -0.39 is 0 Å². The van der Waals surface area contributed by atoms with Gasteiger partial charge in [-0.15, -0.1) is 0 Å². The van der Waals surface area contributed by atoms with E-state index >= 15 is 0 Å². The first-order valence-electron chi connectivity index (χ1n) is 10.9. The summed E-state index contributed by atoms with van der Waals surface area (Å²) < 4.78 is 6.06.